The molecule has 0 aliphatic carbocycles. The second-order valence-corrected chi connectivity index (χ2v) is 3.67. The summed E-state index contributed by atoms with van der Waals surface area (Å²) in [4.78, 5) is 10.6. The highest BCUT2D eigenvalue weighted by atomic mass is 32.2. The van der Waals surface area contributed by atoms with Crippen molar-refractivity contribution in [2.75, 3.05) is 12.8 Å². The van der Waals surface area contributed by atoms with Gasteiger partial charge in [0.05, 0.1) is 0 Å². The Morgan fingerprint density at radius 1 is 1.57 bits per heavy atom. The number of carbonyl (C=O) groups is 1. The zero-order chi connectivity index (χ0) is 10.6. The first-order chi connectivity index (χ1) is 6.65. The van der Waals surface area contributed by atoms with Crippen LogP contribution in [0.15, 0.2) is 5.16 Å². The van der Waals surface area contributed by atoms with Gasteiger partial charge >= 0.3 is 0 Å². The van der Waals surface area contributed by atoms with Crippen molar-refractivity contribution >= 4 is 17.7 Å². The molecule has 1 aromatic rings. The van der Waals surface area contributed by atoms with Crippen LogP contribution >= 0.6 is 11.8 Å². The van der Waals surface area contributed by atoms with Crippen LogP contribution in [0.25, 0.3) is 0 Å². The van der Waals surface area contributed by atoms with Crippen molar-refractivity contribution in [3.05, 3.63) is 5.82 Å². The van der Waals surface area contributed by atoms with E-state index in [9.17, 15) is 4.79 Å². The average Bonchev–Trinajstić information content (AvgIpc) is 2.47. The fourth-order valence-electron chi connectivity index (χ4n) is 1.09. The highest BCUT2D eigenvalue weighted by molar-refractivity contribution is 7.98. The van der Waals surface area contributed by atoms with Gasteiger partial charge in [0, 0.05) is 26.9 Å². The summed E-state index contributed by atoms with van der Waals surface area (Å²) in [6.45, 7) is 2.11. The van der Waals surface area contributed by atoms with E-state index in [1.54, 1.807) is 11.8 Å². The van der Waals surface area contributed by atoms with Crippen LogP contribution in [0.3, 0.4) is 0 Å². The van der Waals surface area contributed by atoms with Crippen LogP contribution in [0.1, 0.15) is 12.7 Å². The fourth-order valence-corrected chi connectivity index (χ4v) is 1.59. The molecule has 0 spiro atoms. The number of hydrogen-bond donors (Lipinski definition) is 1. The quantitative estimate of drug-likeness (QED) is 0.728. The van der Waals surface area contributed by atoms with Gasteiger partial charge in [0.15, 0.2) is 5.16 Å². The maximum atomic E-state index is 10.6. The number of aromatic nitrogens is 3. The number of nitrogens with one attached hydrogen (secondary N) is 1. The van der Waals surface area contributed by atoms with Crippen LogP contribution in [0.5, 0.6) is 0 Å². The smallest absolute Gasteiger partial charge is 0.216 e. The normalized spacial score (nSPS) is 10.2. The summed E-state index contributed by atoms with van der Waals surface area (Å²) in [5.41, 5.74) is 0. The third kappa shape index (κ3) is 2.73. The van der Waals surface area contributed by atoms with Crippen molar-refractivity contribution in [1.29, 1.82) is 0 Å². The SMILES string of the molecule is CSc1nnc(CCNC(C)=O)n1C. The predicted molar refractivity (Wildman–Crippen MR) is 55.2 cm³/mol. The molecule has 1 amide bonds. The largest absolute Gasteiger partial charge is 0.356 e. The monoisotopic (exact) mass is 214 g/mol. The predicted octanol–water partition coefficient (Wildman–Crippen LogP) is 0.216. The Bertz CT molecular complexity index is 323. The molecule has 14 heavy (non-hydrogen) atoms. The molecule has 1 heterocycles. The third-order valence-corrected chi connectivity index (χ3v) is 2.55. The Morgan fingerprint density at radius 3 is 2.79 bits per heavy atom. The average molecular weight is 214 g/mol. The first-order valence-corrected chi connectivity index (χ1v) is 5.54. The topological polar surface area (TPSA) is 59.8 Å². The van der Waals surface area contributed by atoms with Crippen LogP contribution in [-0.4, -0.2) is 33.5 Å². The molecule has 1 aromatic heterocycles. The standard InChI is InChI=1S/C8H14N4OS/c1-6(13)9-5-4-7-10-11-8(14-3)12(7)2/h4-5H2,1-3H3,(H,9,13). The zero-order valence-electron chi connectivity index (χ0n) is 8.57. The maximum absolute atomic E-state index is 10.6. The molecule has 1 rings (SSSR count). The molecule has 78 valence electrons. The number of thioether (sulfide) groups is 1. The van der Waals surface area contributed by atoms with E-state index in [1.165, 1.54) is 6.92 Å². The van der Waals surface area contributed by atoms with E-state index in [1.807, 2.05) is 17.9 Å². The van der Waals surface area contributed by atoms with E-state index in [4.69, 9.17) is 0 Å². The maximum Gasteiger partial charge on any atom is 0.216 e. The van der Waals surface area contributed by atoms with Gasteiger partial charge in [0.1, 0.15) is 5.82 Å². The van der Waals surface area contributed by atoms with Gasteiger partial charge in [0.25, 0.3) is 0 Å². The van der Waals surface area contributed by atoms with Crippen LogP contribution in [0, 0.1) is 0 Å². The van der Waals surface area contributed by atoms with Crippen LogP contribution < -0.4 is 5.32 Å². The number of rotatable bonds is 4. The highest BCUT2D eigenvalue weighted by Crippen LogP contribution is 2.11. The van der Waals surface area contributed by atoms with Crippen molar-refractivity contribution in [2.45, 2.75) is 18.5 Å². The summed E-state index contributed by atoms with van der Waals surface area (Å²) >= 11 is 1.56. The summed E-state index contributed by atoms with van der Waals surface area (Å²) < 4.78 is 1.94. The van der Waals surface area contributed by atoms with E-state index in [0.29, 0.717) is 13.0 Å². The van der Waals surface area contributed by atoms with E-state index in [2.05, 4.69) is 15.5 Å². The summed E-state index contributed by atoms with van der Waals surface area (Å²) in [5.74, 6) is 0.875. The molecular weight excluding hydrogens is 200 g/mol. The van der Waals surface area contributed by atoms with Gasteiger partial charge < -0.3 is 9.88 Å². The number of amides is 1. The summed E-state index contributed by atoms with van der Waals surface area (Å²) in [5, 5.41) is 11.6. The molecular formula is C8H14N4OS. The molecule has 6 heteroatoms. The van der Waals surface area contributed by atoms with Crippen molar-refractivity contribution in [3.63, 3.8) is 0 Å². The second-order valence-electron chi connectivity index (χ2n) is 2.89. The minimum absolute atomic E-state index is 0.0164. The molecule has 0 aromatic carbocycles. The van der Waals surface area contributed by atoms with Gasteiger partial charge in [-0.3, -0.25) is 4.79 Å². The zero-order valence-corrected chi connectivity index (χ0v) is 9.39. The molecule has 0 fully saturated rings. The van der Waals surface area contributed by atoms with Gasteiger partial charge in [-0.15, -0.1) is 10.2 Å². The molecule has 0 bridgehead atoms. The molecule has 0 atom stereocenters. The van der Waals surface area contributed by atoms with Crippen LogP contribution in [0.4, 0.5) is 0 Å². The Morgan fingerprint density at radius 2 is 2.29 bits per heavy atom. The lowest BCUT2D eigenvalue weighted by Crippen LogP contribution is -2.23. The first-order valence-electron chi connectivity index (χ1n) is 4.32. The van der Waals surface area contributed by atoms with Gasteiger partial charge in [0.2, 0.25) is 5.91 Å². The van der Waals surface area contributed by atoms with Crippen LogP contribution in [0.2, 0.25) is 0 Å². The lowest BCUT2D eigenvalue weighted by atomic mass is 10.4. The Hall–Kier alpha value is -1.04. The van der Waals surface area contributed by atoms with Gasteiger partial charge in [-0.25, -0.2) is 0 Å². The number of nitrogens with zero attached hydrogens (tertiary/aromatic N) is 3. The van der Waals surface area contributed by atoms with Gasteiger partial charge in [-0.05, 0) is 6.26 Å². The van der Waals surface area contributed by atoms with Gasteiger partial charge in [-0.1, -0.05) is 11.8 Å². The lowest BCUT2D eigenvalue weighted by Gasteiger charge is -2.02. The van der Waals surface area contributed by atoms with E-state index < -0.39 is 0 Å². The lowest BCUT2D eigenvalue weighted by molar-refractivity contribution is -0.118. The van der Waals surface area contributed by atoms with E-state index in [-0.39, 0.29) is 5.91 Å². The minimum atomic E-state index is -0.0164. The molecule has 1 N–H and O–H groups in total. The van der Waals surface area contributed by atoms with Gasteiger partial charge in [-0.2, -0.15) is 0 Å². The van der Waals surface area contributed by atoms with E-state index >= 15 is 0 Å². The number of carbonyl (C=O) groups excluding carboxylic acids is 1. The summed E-state index contributed by atoms with van der Waals surface area (Å²) in [7, 11) is 1.93. The van der Waals surface area contributed by atoms with E-state index in [0.717, 1.165) is 11.0 Å². The Kier molecular flexibility index (Phi) is 3.94. The molecule has 0 aliphatic heterocycles. The Labute approximate surface area is 87.3 Å². The first kappa shape index (κ1) is 11.0. The molecule has 0 unspecified atom stereocenters. The summed E-state index contributed by atoms with van der Waals surface area (Å²) in [6.07, 6.45) is 2.67. The summed E-state index contributed by atoms with van der Waals surface area (Å²) in [6, 6.07) is 0. The highest BCUT2D eigenvalue weighted by Gasteiger charge is 2.06. The van der Waals surface area contributed by atoms with Crippen molar-refractivity contribution in [2.24, 2.45) is 7.05 Å². The molecule has 0 saturated heterocycles. The minimum Gasteiger partial charge on any atom is -0.356 e. The van der Waals surface area contributed by atoms with Crippen molar-refractivity contribution < 1.29 is 4.79 Å². The molecule has 0 radical (unpaired) electrons. The molecule has 0 saturated carbocycles. The molecule has 5 nitrogen and oxygen atoms in total. The van der Waals surface area contributed by atoms with Crippen LogP contribution in [-0.2, 0) is 18.3 Å². The number of hydrogen-bond acceptors (Lipinski definition) is 4. The Balaban J connectivity index is 2.50. The van der Waals surface area contributed by atoms with Crippen molar-refractivity contribution in [1.82, 2.24) is 20.1 Å². The second kappa shape index (κ2) is 4.99. The third-order valence-electron chi connectivity index (χ3n) is 1.83. The molecule has 0 aliphatic rings. The van der Waals surface area contributed by atoms with Crippen molar-refractivity contribution in [3.8, 4) is 0 Å². The fraction of sp³-hybridized carbons (Fsp3) is 0.625.